The molecule has 0 bridgehead atoms. The molecule has 1 aliphatic heterocycles. The molecule has 0 fully saturated rings. The first-order valence-electron chi connectivity index (χ1n) is 7.37. The number of benzene rings is 1. The van der Waals surface area contributed by atoms with Gasteiger partial charge in [0.1, 0.15) is 0 Å². The van der Waals surface area contributed by atoms with Crippen LogP contribution in [0.5, 0.6) is 0 Å². The van der Waals surface area contributed by atoms with Crippen LogP contribution in [0.3, 0.4) is 0 Å². The summed E-state index contributed by atoms with van der Waals surface area (Å²) in [6.07, 6.45) is 0.335. The molecule has 0 aromatic heterocycles. The van der Waals surface area contributed by atoms with Gasteiger partial charge in [-0.1, -0.05) is 23.2 Å². The molecule has 0 unspecified atom stereocenters. The van der Waals surface area contributed by atoms with Gasteiger partial charge in [-0.2, -0.15) is 4.36 Å². The lowest BCUT2D eigenvalue weighted by atomic mass is 9.98. The summed E-state index contributed by atoms with van der Waals surface area (Å²) < 4.78 is 8.78. The molecule has 1 amide bonds. The number of hydrogen-bond acceptors (Lipinski definition) is 5. The van der Waals surface area contributed by atoms with Crippen LogP contribution < -0.4 is 0 Å². The summed E-state index contributed by atoms with van der Waals surface area (Å²) in [6, 6.07) is 4.50. The smallest absolute Gasteiger partial charge is 0.336 e. The molecule has 8 heteroatoms. The van der Waals surface area contributed by atoms with Crippen molar-refractivity contribution in [3.05, 3.63) is 45.1 Å². The maximum absolute atomic E-state index is 12.7. The normalized spacial score (nSPS) is 17.7. The van der Waals surface area contributed by atoms with Gasteiger partial charge in [0.05, 0.1) is 34.5 Å². The van der Waals surface area contributed by atoms with Crippen LogP contribution >= 0.6 is 23.2 Å². The van der Waals surface area contributed by atoms with Crippen molar-refractivity contribution >= 4 is 47.5 Å². The Balaban J connectivity index is 2.29. The Morgan fingerprint density at radius 2 is 2.08 bits per heavy atom. The van der Waals surface area contributed by atoms with Crippen LogP contribution in [0, 0.1) is 0 Å². The zero-order valence-electron chi connectivity index (χ0n) is 13.2. The molecule has 1 aliphatic rings. The second-order valence-corrected chi connectivity index (χ2v) is 6.35. The Morgan fingerprint density at radius 1 is 1.38 bits per heavy atom. The summed E-state index contributed by atoms with van der Waals surface area (Å²) in [5.41, 5.74) is 1.23. The van der Waals surface area contributed by atoms with Crippen LogP contribution in [0.15, 0.2) is 33.8 Å². The summed E-state index contributed by atoms with van der Waals surface area (Å²) in [4.78, 5) is 26.4. The summed E-state index contributed by atoms with van der Waals surface area (Å²) in [7, 11) is 0. The minimum absolute atomic E-state index is 0.151. The number of ether oxygens (including phenoxy) is 1. The van der Waals surface area contributed by atoms with Crippen molar-refractivity contribution in [2.45, 2.75) is 26.3 Å². The summed E-state index contributed by atoms with van der Waals surface area (Å²) >= 11 is 16.6. The maximum Gasteiger partial charge on any atom is 0.336 e. The molecule has 0 aliphatic carbocycles. The molecule has 0 saturated carbocycles. The number of carbonyl (C=O) groups excluding carboxylic acids is 2. The van der Waals surface area contributed by atoms with E-state index in [4.69, 9.17) is 40.4 Å². The predicted octanol–water partition coefficient (Wildman–Crippen LogP) is 3.78. The van der Waals surface area contributed by atoms with E-state index in [1.54, 1.807) is 24.0 Å². The molecule has 1 heterocycles. The van der Waals surface area contributed by atoms with Crippen molar-refractivity contribution in [1.82, 2.24) is 4.90 Å². The number of hydrogen-bond donors (Lipinski definition) is 0. The minimum Gasteiger partial charge on any atom is -0.463 e. The molecule has 1 aromatic rings. The first kappa shape index (κ1) is 18.8. The zero-order valence-corrected chi connectivity index (χ0v) is 15.5. The Hall–Kier alpha value is -1.50. The molecular formula is C16H16Cl2N2O3S. The van der Waals surface area contributed by atoms with Gasteiger partial charge in [-0.25, -0.2) is 4.79 Å². The Bertz CT molecular complexity index is 721. The van der Waals surface area contributed by atoms with Crippen LogP contribution in [0.1, 0.15) is 30.6 Å². The third-order valence-corrected chi connectivity index (χ3v) is 4.72. The lowest BCUT2D eigenvalue weighted by Crippen LogP contribution is -2.44. The Kier molecular flexibility index (Phi) is 6.32. The van der Waals surface area contributed by atoms with E-state index in [1.807, 2.05) is 6.92 Å². The van der Waals surface area contributed by atoms with E-state index in [2.05, 4.69) is 4.36 Å². The van der Waals surface area contributed by atoms with Gasteiger partial charge in [0.15, 0.2) is 0 Å². The van der Waals surface area contributed by atoms with Crippen molar-refractivity contribution < 1.29 is 14.3 Å². The quantitative estimate of drug-likeness (QED) is 0.738. The average molecular weight is 387 g/mol. The van der Waals surface area contributed by atoms with Gasteiger partial charge in [-0.3, -0.25) is 4.79 Å². The molecular weight excluding hydrogens is 371 g/mol. The third-order valence-electron chi connectivity index (χ3n) is 3.76. The minimum atomic E-state index is -0.436. The van der Waals surface area contributed by atoms with Crippen molar-refractivity contribution in [1.29, 1.82) is 0 Å². The van der Waals surface area contributed by atoms with E-state index in [0.29, 0.717) is 33.3 Å². The van der Waals surface area contributed by atoms with Crippen molar-refractivity contribution in [3.8, 4) is 0 Å². The molecule has 0 N–H and O–H groups in total. The molecule has 5 nitrogen and oxygen atoms in total. The van der Waals surface area contributed by atoms with E-state index in [1.165, 1.54) is 6.07 Å². The van der Waals surface area contributed by atoms with Gasteiger partial charge in [-0.15, -0.1) is 0 Å². The average Bonchev–Trinajstić information content (AvgIpc) is 2.56. The SMILES string of the molecule is CCOC(=O)C1=C(N=S)CN(C(=O)c2ccc(Cl)c(Cl)c2)[C@H](C)C1. The summed E-state index contributed by atoms with van der Waals surface area (Å²) in [5.74, 6) is -0.658. The van der Waals surface area contributed by atoms with E-state index in [0.717, 1.165) is 0 Å². The number of amides is 1. The van der Waals surface area contributed by atoms with Crippen LogP contribution in [-0.2, 0) is 22.0 Å². The van der Waals surface area contributed by atoms with Gasteiger partial charge in [0.2, 0.25) is 0 Å². The molecule has 0 spiro atoms. The molecule has 0 saturated heterocycles. The lowest BCUT2D eigenvalue weighted by Gasteiger charge is -2.34. The Labute approximate surface area is 155 Å². The van der Waals surface area contributed by atoms with Crippen LogP contribution in [-0.4, -0.2) is 36.0 Å². The fourth-order valence-corrected chi connectivity index (χ4v) is 2.97. The van der Waals surface area contributed by atoms with E-state index in [-0.39, 0.29) is 25.1 Å². The highest BCUT2D eigenvalue weighted by atomic mass is 35.5. The largest absolute Gasteiger partial charge is 0.463 e. The fourth-order valence-electron chi connectivity index (χ4n) is 2.51. The maximum atomic E-state index is 12.7. The Morgan fingerprint density at radius 3 is 2.67 bits per heavy atom. The zero-order chi connectivity index (χ0) is 17.9. The van der Waals surface area contributed by atoms with Crippen LogP contribution in [0.4, 0.5) is 0 Å². The van der Waals surface area contributed by atoms with Crippen molar-refractivity contribution in [3.63, 3.8) is 0 Å². The fraction of sp³-hybridized carbons (Fsp3) is 0.375. The van der Waals surface area contributed by atoms with Gasteiger partial charge < -0.3 is 9.64 Å². The lowest BCUT2D eigenvalue weighted by molar-refractivity contribution is -0.139. The third kappa shape index (κ3) is 3.94. The van der Waals surface area contributed by atoms with Gasteiger partial charge in [0.25, 0.3) is 5.91 Å². The van der Waals surface area contributed by atoms with E-state index < -0.39 is 5.97 Å². The first-order chi connectivity index (χ1) is 11.4. The van der Waals surface area contributed by atoms with Gasteiger partial charge in [0, 0.05) is 30.5 Å². The topological polar surface area (TPSA) is 59.0 Å². The van der Waals surface area contributed by atoms with E-state index >= 15 is 0 Å². The van der Waals surface area contributed by atoms with Crippen LogP contribution in [0.25, 0.3) is 0 Å². The summed E-state index contributed by atoms with van der Waals surface area (Å²) in [6.45, 7) is 4.01. The number of esters is 1. The highest BCUT2D eigenvalue weighted by molar-refractivity contribution is 7.47. The standard InChI is InChI=1S/C16H16Cl2N2O3S/c1-3-23-16(22)11-6-9(2)20(8-14(11)19-24)15(21)10-4-5-12(17)13(18)7-10/h4-5,7,9H,3,6,8H2,1-2H3/t9-/m1/s1. The summed E-state index contributed by atoms with van der Waals surface area (Å²) in [5, 5.41) is 0.689. The number of carbonyl (C=O) groups is 2. The first-order valence-corrected chi connectivity index (χ1v) is 8.49. The monoisotopic (exact) mass is 386 g/mol. The predicted molar refractivity (Wildman–Crippen MR) is 95.0 cm³/mol. The number of nitrogens with zero attached hydrogens (tertiary/aromatic N) is 2. The van der Waals surface area contributed by atoms with Crippen molar-refractivity contribution in [2.24, 2.45) is 4.36 Å². The molecule has 1 aromatic carbocycles. The van der Waals surface area contributed by atoms with Gasteiger partial charge in [-0.05, 0) is 32.0 Å². The van der Waals surface area contributed by atoms with Crippen LogP contribution in [0.2, 0.25) is 10.0 Å². The highest BCUT2D eigenvalue weighted by Gasteiger charge is 2.32. The highest BCUT2D eigenvalue weighted by Crippen LogP contribution is 2.28. The molecule has 1 atom stereocenters. The number of halogens is 2. The molecule has 128 valence electrons. The molecule has 2 rings (SSSR count). The molecule has 0 radical (unpaired) electrons. The van der Waals surface area contributed by atoms with E-state index in [9.17, 15) is 9.59 Å². The second kappa shape index (κ2) is 8.05. The second-order valence-electron chi connectivity index (χ2n) is 5.35. The number of rotatable bonds is 4. The van der Waals surface area contributed by atoms with Gasteiger partial charge >= 0.3 is 5.97 Å². The molecule has 24 heavy (non-hydrogen) atoms. The van der Waals surface area contributed by atoms with Crippen molar-refractivity contribution in [2.75, 3.05) is 13.2 Å².